The van der Waals surface area contributed by atoms with Crippen LogP contribution in [-0.2, 0) is 4.79 Å². The Morgan fingerprint density at radius 2 is 1.74 bits per heavy atom. The number of methoxy groups -OCH3 is 2. The number of hydrogen-bond donors (Lipinski definition) is 0. The van der Waals surface area contributed by atoms with Gasteiger partial charge in [-0.15, -0.1) is 4.98 Å². The van der Waals surface area contributed by atoms with Gasteiger partial charge in [-0.25, -0.2) is 0 Å². The fraction of sp³-hybridized carbons (Fsp3) is 0.714. The Balaban J connectivity index is 1.68. The van der Waals surface area contributed by atoms with Crippen molar-refractivity contribution < 1.29 is 14.3 Å². The van der Waals surface area contributed by atoms with Crippen LogP contribution in [0.25, 0.3) is 0 Å². The van der Waals surface area contributed by atoms with Crippen LogP contribution in [0.4, 0.5) is 5.95 Å². The second kappa shape index (κ2) is 7.20. The van der Waals surface area contributed by atoms with Gasteiger partial charge in [0.15, 0.2) is 0 Å². The SMILES string of the molecule is COc1nc(OC)nc(N2CCC(C(=O)N3CCSCC3)C2)n1. The first-order valence-corrected chi connectivity index (χ1v) is 8.82. The second-order valence-corrected chi connectivity index (χ2v) is 6.70. The summed E-state index contributed by atoms with van der Waals surface area (Å²) in [7, 11) is 3.01. The molecule has 1 atom stereocenters. The average molecular weight is 339 g/mol. The molecular weight excluding hydrogens is 318 g/mol. The van der Waals surface area contributed by atoms with Gasteiger partial charge in [0.05, 0.1) is 20.1 Å². The summed E-state index contributed by atoms with van der Waals surface area (Å²) in [6.07, 6.45) is 0.818. The molecule has 126 valence electrons. The maximum Gasteiger partial charge on any atom is 0.324 e. The molecule has 0 bridgehead atoms. The maximum atomic E-state index is 12.6. The zero-order valence-corrected chi connectivity index (χ0v) is 14.2. The molecule has 1 amide bonds. The number of rotatable bonds is 4. The number of hydrogen-bond acceptors (Lipinski definition) is 8. The van der Waals surface area contributed by atoms with Crippen molar-refractivity contribution in [2.45, 2.75) is 6.42 Å². The molecule has 1 aromatic rings. The first-order valence-electron chi connectivity index (χ1n) is 7.67. The van der Waals surface area contributed by atoms with Crippen LogP contribution in [0.3, 0.4) is 0 Å². The summed E-state index contributed by atoms with van der Waals surface area (Å²) in [5.74, 6) is 2.82. The van der Waals surface area contributed by atoms with Gasteiger partial charge in [0, 0.05) is 37.7 Å². The van der Waals surface area contributed by atoms with Crippen molar-refractivity contribution >= 4 is 23.6 Å². The maximum absolute atomic E-state index is 12.6. The summed E-state index contributed by atoms with van der Waals surface area (Å²) in [4.78, 5) is 29.1. The summed E-state index contributed by atoms with van der Waals surface area (Å²) < 4.78 is 10.2. The molecule has 1 unspecified atom stereocenters. The van der Waals surface area contributed by atoms with Crippen molar-refractivity contribution in [1.82, 2.24) is 19.9 Å². The Labute approximate surface area is 139 Å². The molecule has 23 heavy (non-hydrogen) atoms. The third kappa shape index (κ3) is 3.60. The van der Waals surface area contributed by atoms with Crippen molar-refractivity contribution in [2.24, 2.45) is 5.92 Å². The van der Waals surface area contributed by atoms with E-state index < -0.39 is 0 Å². The van der Waals surface area contributed by atoms with Gasteiger partial charge in [0.2, 0.25) is 11.9 Å². The van der Waals surface area contributed by atoms with Gasteiger partial charge >= 0.3 is 12.0 Å². The van der Waals surface area contributed by atoms with E-state index in [0.29, 0.717) is 12.5 Å². The molecule has 2 aliphatic heterocycles. The quantitative estimate of drug-likeness (QED) is 0.774. The molecule has 3 heterocycles. The molecule has 0 radical (unpaired) electrons. The fourth-order valence-electron chi connectivity index (χ4n) is 2.84. The first kappa shape index (κ1) is 16.1. The van der Waals surface area contributed by atoms with E-state index in [0.717, 1.165) is 37.6 Å². The van der Waals surface area contributed by atoms with E-state index in [4.69, 9.17) is 9.47 Å². The number of aromatic nitrogens is 3. The van der Waals surface area contributed by atoms with Crippen LogP contribution in [0.2, 0.25) is 0 Å². The number of amides is 1. The van der Waals surface area contributed by atoms with Crippen molar-refractivity contribution in [2.75, 3.05) is 56.8 Å². The van der Waals surface area contributed by atoms with E-state index in [1.54, 1.807) is 0 Å². The van der Waals surface area contributed by atoms with Gasteiger partial charge in [-0.05, 0) is 6.42 Å². The lowest BCUT2D eigenvalue weighted by Crippen LogP contribution is -2.42. The summed E-state index contributed by atoms with van der Waals surface area (Å²) in [5.41, 5.74) is 0. The Kier molecular flexibility index (Phi) is 5.04. The molecule has 0 aliphatic carbocycles. The summed E-state index contributed by atoms with van der Waals surface area (Å²) in [6.45, 7) is 3.08. The summed E-state index contributed by atoms with van der Waals surface area (Å²) in [5, 5.41) is 0. The van der Waals surface area contributed by atoms with Crippen LogP contribution >= 0.6 is 11.8 Å². The first-order chi connectivity index (χ1) is 11.2. The van der Waals surface area contributed by atoms with Crippen molar-refractivity contribution in [3.8, 4) is 12.0 Å². The van der Waals surface area contributed by atoms with E-state index in [-0.39, 0.29) is 23.8 Å². The summed E-state index contributed by atoms with van der Waals surface area (Å²) >= 11 is 1.91. The minimum Gasteiger partial charge on any atom is -0.467 e. The van der Waals surface area contributed by atoms with E-state index >= 15 is 0 Å². The van der Waals surface area contributed by atoms with Gasteiger partial charge in [-0.2, -0.15) is 21.7 Å². The normalized spacial score (nSPS) is 21.4. The number of carbonyl (C=O) groups is 1. The zero-order chi connectivity index (χ0) is 16.2. The molecule has 3 rings (SSSR count). The van der Waals surface area contributed by atoms with Crippen LogP contribution in [-0.4, -0.2) is 77.7 Å². The molecule has 0 N–H and O–H groups in total. The van der Waals surface area contributed by atoms with Crippen LogP contribution in [0.15, 0.2) is 0 Å². The second-order valence-electron chi connectivity index (χ2n) is 5.48. The highest BCUT2D eigenvalue weighted by molar-refractivity contribution is 7.99. The fourth-order valence-corrected chi connectivity index (χ4v) is 3.74. The molecule has 0 aromatic carbocycles. The minimum atomic E-state index is 0.00635. The lowest BCUT2D eigenvalue weighted by atomic mass is 10.1. The van der Waals surface area contributed by atoms with Crippen LogP contribution in [0.1, 0.15) is 6.42 Å². The zero-order valence-electron chi connectivity index (χ0n) is 13.4. The molecule has 0 saturated carbocycles. The predicted molar refractivity (Wildman–Crippen MR) is 87.2 cm³/mol. The molecule has 2 aliphatic rings. The van der Waals surface area contributed by atoms with Crippen LogP contribution in [0.5, 0.6) is 12.0 Å². The lowest BCUT2D eigenvalue weighted by molar-refractivity contribution is -0.134. The number of thioether (sulfide) groups is 1. The summed E-state index contributed by atoms with van der Waals surface area (Å²) in [6, 6.07) is 0.435. The lowest BCUT2D eigenvalue weighted by Gasteiger charge is -2.28. The molecule has 9 heteroatoms. The Morgan fingerprint density at radius 1 is 1.09 bits per heavy atom. The Hall–Kier alpha value is -1.77. The average Bonchev–Trinajstić information content (AvgIpc) is 3.11. The minimum absolute atomic E-state index is 0.00635. The van der Waals surface area contributed by atoms with E-state index in [9.17, 15) is 4.79 Å². The van der Waals surface area contributed by atoms with Crippen molar-refractivity contribution in [3.05, 3.63) is 0 Å². The van der Waals surface area contributed by atoms with Crippen LogP contribution < -0.4 is 14.4 Å². The Bertz CT molecular complexity index is 545. The van der Waals surface area contributed by atoms with Gasteiger partial charge in [0.25, 0.3) is 0 Å². The highest BCUT2D eigenvalue weighted by atomic mass is 32.2. The largest absolute Gasteiger partial charge is 0.467 e. The predicted octanol–water partition coefficient (Wildman–Crippen LogP) is 0.290. The van der Waals surface area contributed by atoms with Crippen molar-refractivity contribution in [3.63, 3.8) is 0 Å². The number of ether oxygens (including phenoxy) is 2. The molecule has 1 aromatic heterocycles. The molecule has 8 nitrogen and oxygen atoms in total. The Morgan fingerprint density at radius 3 is 2.35 bits per heavy atom. The topological polar surface area (TPSA) is 80.7 Å². The number of carbonyl (C=O) groups excluding carboxylic acids is 1. The standard InChI is InChI=1S/C14H21N5O3S/c1-21-13-15-12(16-14(17-13)22-2)19-4-3-10(9-19)11(20)18-5-7-23-8-6-18/h10H,3-9H2,1-2H3. The third-order valence-electron chi connectivity index (χ3n) is 4.09. The van der Waals surface area contributed by atoms with Gasteiger partial charge in [-0.3, -0.25) is 4.79 Å². The van der Waals surface area contributed by atoms with Gasteiger partial charge < -0.3 is 19.3 Å². The van der Waals surface area contributed by atoms with Crippen LogP contribution in [0, 0.1) is 5.92 Å². The van der Waals surface area contributed by atoms with E-state index in [2.05, 4.69) is 15.0 Å². The third-order valence-corrected chi connectivity index (χ3v) is 5.03. The van der Waals surface area contributed by atoms with Crippen molar-refractivity contribution in [1.29, 1.82) is 0 Å². The van der Waals surface area contributed by atoms with Gasteiger partial charge in [-0.1, -0.05) is 0 Å². The molecule has 0 spiro atoms. The monoisotopic (exact) mass is 339 g/mol. The van der Waals surface area contributed by atoms with Gasteiger partial charge in [0.1, 0.15) is 0 Å². The smallest absolute Gasteiger partial charge is 0.324 e. The molecular formula is C14H21N5O3S. The molecule has 2 saturated heterocycles. The van der Waals surface area contributed by atoms with E-state index in [1.165, 1.54) is 14.2 Å². The number of nitrogens with zero attached hydrogens (tertiary/aromatic N) is 5. The molecule has 2 fully saturated rings. The number of anilines is 1. The highest BCUT2D eigenvalue weighted by Gasteiger charge is 2.33. The van der Waals surface area contributed by atoms with E-state index in [1.807, 2.05) is 21.6 Å². The highest BCUT2D eigenvalue weighted by Crippen LogP contribution is 2.25.